The van der Waals surface area contributed by atoms with Crippen LogP contribution in [-0.4, -0.2) is 18.1 Å². The molecule has 0 fully saturated rings. The molecule has 0 bridgehead atoms. The molecule has 0 aliphatic rings. The van der Waals surface area contributed by atoms with Gasteiger partial charge in [-0.2, -0.15) is 0 Å². The summed E-state index contributed by atoms with van der Waals surface area (Å²) in [5.74, 6) is 0. The summed E-state index contributed by atoms with van der Waals surface area (Å²) < 4.78 is 0. The van der Waals surface area contributed by atoms with Crippen molar-refractivity contribution >= 4 is 10.8 Å². The van der Waals surface area contributed by atoms with Gasteiger partial charge in [0.15, 0.2) is 0 Å². The van der Waals surface area contributed by atoms with Gasteiger partial charge in [0.1, 0.15) is 0 Å². The predicted octanol–water partition coefficient (Wildman–Crippen LogP) is 1.67. The average molecular weight is 215 g/mol. The topological polar surface area (TPSA) is 50.9 Å². The molecule has 3 heteroatoms. The van der Waals surface area contributed by atoms with Crippen LogP contribution < -0.4 is 11.1 Å². The van der Waals surface area contributed by atoms with Crippen LogP contribution in [0.3, 0.4) is 0 Å². The van der Waals surface area contributed by atoms with Crippen molar-refractivity contribution < 1.29 is 0 Å². The molecule has 0 aliphatic carbocycles. The normalized spacial score (nSPS) is 10.8. The molecule has 1 aromatic carbocycles. The first-order chi connectivity index (χ1) is 7.92. The standard InChI is InChI=1S/C13H17N3/c14-7-3-8-15-10-13-12-5-2-1-4-11(12)6-9-16-13/h1-2,4-6,9,15H,3,7-8,10,14H2. The van der Waals surface area contributed by atoms with Gasteiger partial charge in [-0.25, -0.2) is 0 Å². The first kappa shape index (κ1) is 11.0. The second-order valence-electron chi connectivity index (χ2n) is 3.80. The van der Waals surface area contributed by atoms with E-state index in [1.807, 2.05) is 24.4 Å². The molecule has 1 aromatic heterocycles. The Morgan fingerprint density at radius 3 is 2.94 bits per heavy atom. The van der Waals surface area contributed by atoms with Gasteiger partial charge in [0.2, 0.25) is 0 Å². The fourth-order valence-corrected chi connectivity index (χ4v) is 1.76. The van der Waals surface area contributed by atoms with Crippen LogP contribution in [0.1, 0.15) is 12.1 Å². The van der Waals surface area contributed by atoms with Crippen molar-refractivity contribution in [1.82, 2.24) is 10.3 Å². The number of pyridine rings is 1. The van der Waals surface area contributed by atoms with Crippen molar-refractivity contribution in [3.05, 3.63) is 42.2 Å². The number of hydrogen-bond acceptors (Lipinski definition) is 3. The Balaban J connectivity index is 2.11. The summed E-state index contributed by atoms with van der Waals surface area (Å²) in [5.41, 5.74) is 6.55. The zero-order chi connectivity index (χ0) is 11.2. The monoisotopic (exact) mass is 215 g/mol. The Hall–Kier alpha value is -1.45. The van der Waals surface area contributed by atoms with Gasteiger partial charge in [-0.3, -0.25) is 4.98 Å². The number of nitrogens with one attached hydrogen (secondary N) is 1. The maximum absolute atomic E-state index is 5.44. The smallest absolute Gasteiger partial charge is 0.0619 e. The number of nitrogens with two attached hydrogens (primary N) is 1. The number of rotatable bonds is 5. The quantitative estimate of drug-likeness (QED) is 0.746. The third-order valence-electron chi connectivity index (χ3n) is 2.61. The Morgan fingerprint density at radius 1 is 1.19 bits per heavy atom. The van der Waals surface area contributed by atoms with Gasteiger partial charge in [0, 0.05) is 18.1 Å². The van der Waals surface area contributed by atoms with Gasteiger partial charge in [-0.1, -0.05) is 24.3 Å². The van der Waals surface area contributed by atoms with Crippen LogP contribution in [0.15, 0.2) is 36.5 Å². The lowest BCUT2D eigenvalue weighted by atomic mass is 10.1. The molecule has 84 valence electrons. The second-order valence-corrected chi connectivity index (χ2v) is 3.80. The molecule has 0 saturated carbocycles. The first-order valence-corrected chi connectivity index (χ1v) is 5.65. The highest BCUT2D eigenvalue weighted by Gasteiger charge is 2.00. The molecule has 1 heterocycles. The molecule has 0 radical (unpaired) electrons. The van der Waals surface area contributed by atoms with Crippen molar-refractivity contribution in [2.24, 2.45) is 5.73 Å². The summed E-state index contributed by atoms with van der Waals surface area (Å²) >= 11 is 0. The second kappa shape index (κ2) is 5.58. The number of aromatic nitrogens is 1. The zero-order valence-corrected chi connectivity index (χ0v) is 9.32. The molecule has 0 saturated heterocycles. The summed E-state index contributed by atoms with van der Waals surface area (Å²) in [5, 5.41) is 5.82. The molecule has 0 aliphatic heterocycles. The minimum absolute atomic E-state index is 0.732. The van der Waals surface area contributed by atoms with E-state index in [4.69, 9.17) is 5.73 Å². The molecule has 0 atom stereocenters. The predicted molar refractivity (Wildman–Crippen MR) is 67.1 cm³/mol. The van der Waals surface area contributed by atoms with E-state index in [1.54, 1.807) is 0 Å². The fourth-order valence-electron chi connectivity index (χ4n) is 1.76. The molecule has 16 heavy (non-hydrogen) atoms. The number of benzene rings is 1. The molecule has 0 unspecified atom stereocenters. The van der Waals surface area contributed by atoms with E-state index in [1.165, 1.54) is 10.8 Å². The van der Waals surface area contributed by atoms with Crippen LogP contribution in [0.5, 0.6) is 0 Å². The molecule has 3 nitrogen and oxygen atoms in total. The number of nitrogens with zero attached hydrogens (tertiary/aromatic N) is 1. The molecular formula is C13H17N3. The van der Waals surface area contributed by atoms with Crippen LogP contribution >= 0.6 is 0 Å². The molecule has 3 N–H and O–H groups in total. The fraction of sp³-hybridized carbons (Fsp3) is 0.308. The van der Waals surface area contributed by atoms with Gasteiger partial charge < -0.3 is 11.1 Å². The summed E-state index contributed by atoms with van der Waals surface area (Å²) in [7, 11) is 0. The highest BCUT2D eigenvalue weighted by Crippen LogP contribution is 2.15. The van der Waals surface area contributed by atoms with Crippen molar-refractivity contribution in [3.63, 3.8) is 0 Å². The van der Waals surface area contributed by atoms with E-state index in [-0.39, 0.29) is 0 Å². The van der Waals surface area contributed by atoms with Crippen molar-refractivity contribution in [2.45, 2.75) is 13.0 Å². The van der Waals surface area contributed by atoms with E-state index in [9.17, 15) is 0 Å². The van der Waals surface area contributed by atoms with Gasteiger partial charge in [-0.05, 0) is 31.0 Å². The molecular weight excluding hydrogens is 198 g/mol. The summed E-state index contributed by atoms with van der Waals surface area (Å²) in [6.07, 6.45) is 2.87. The minimum Gasteiger partial charge on any atom is -0.330 e. The lowest BCUT2D eigenvalue weighted by Crippen LogP contribution is -2.18. The van der Waals surface area contributed by atoms with E-state index in [0.29, 0.717) is 0 Å². The Kier molecular flexibility index (Phi) is 3.86. The Morgan fingerprint density at radius 2 is 2.06 bits per heavy atom. The van der Waals surface area contributed by atoms with E-state index < -0.39 is 0 Å². The van der Waals surface area contributed by atoms with Gasteiger partial charge >= 0.3 is 0 Å². The van der Waals surface area contributed by atoms with Crippen LogP contribution in [0.2, 0.25) is 0 Å². The molecule has 2 aromatic rings. The number of hydrogen-bond donors (Lipinski definition) is 2. The first-order valence-electron chi connectivity index (χ1n) is 5.65. The lowest BCUT2D eigenvalue weighted by molar-refractivity contribution is 0.649. The Labute approximate surface area is 95.7 Å². The molecule has 2 rings (SSSR count). The third-order valence-corrected chi connectivity index (χ3v) is 2.61. The lowest BCUT2D eigenvalue weighted by Gasteiger charge is -2.06. The van der Waals surface area contributed by atoms with E-state index >= 15 is 0 Å². The maximum Gasteiger partial charge on any atom is 0.0619 e. The molecule has 0 spiro atoms. The Bertz CT molecular complexity index is 448. The van der Waals surface area contributed by atoms with Crippen molar-refractivity contribution in [1.29, 1.82) is 0 Å². The van der Waals surface area contributed by atoms with Crippen LogP contribution in [-0.2, 0) is 6.54 Å². The van der Waals surface area contributed by atoms with Gasteiger partial charge in [0.05, 0.1) is 5.69 Å². The maximum atomic E-state index is 5.44. The van der Waals surface area contributed by atoms with Gasteiger partial charge in [-0.15, -0.1) is 0 Å². The highest BCUT2D eigenvalue weighted by atomic mass is 14.9. The van der Waals surface area contributed by atoms with Gasteiger partial charge in [0.25, 0.3) is 0 Å². The van der Waals surface area contributed by atoms with Crippen molar-refractivity contribution in [2.75, 3.05) is 13.1 Å². The SMILES string of the molecule is NCCCNCc1nccc2ccccc12. The minimum atomic E-state index is 0.732. The summed E-state index contributed by atoms with van der Waals surface area (Å²) in [6, 6.07) is 10.4. The van der Waals surface area contributed by atoms with Crippen molar-refractivity contribution in [3.8, 4) is 0 Å². The number of fused-ring (bicyclic) bond motifs is 1. The molecule has 0 amide bonds. The summed E-state index contributed by atoms with van der Waals surface area (Å²) in [6.45, 7) is 2.48. The zero-order valence-electron chi connectivity index (χ0n) is 9.32. The highest BCUT2D eigenvalue weighted by molar-refractivity contribution is 5.84. The van der Waals surface area contributed by atoms with E-state index in [2.05, 4.69) is 22.4 Å². The average Bonchev–Trinajstić information content (AvgIpc) is 2.35. The van der Waals surface area contributed by atoms with E-state index in [0.717, 1.165) is 31.7 Å². The third kappa shape index (κ3) is 2.56. The van der Waals surface area contributed by atoms with Crippen LogP contribution in [0, 0.1) is 0 Å². The van der Waals surface area contributed by atoms with Crippen LogP contribution in [0.25, 0.3) is 10.8 Å². The van der Waals surface area contributed by atoms with Crippen LogP contribution in [0.4, 0.5) is 0 Å². The largest absolute Gasteiger partial charge is 0.330 e. The summed E-state index contributed by atoms with van der Waals surface area (Å²) in [4.78, 5) is 4.41.